The van der Waals surface area contributed by atoms with Crippen molar-refractivity contribution in [3.8, 4) is 0 Å². The highest BCUT2D eigenvalue weighted by molar-refractivity contribution is 9.10. The molecule has 1 fully saturated rings. The first-order valence-electron chi connectivity index (χ1n) is 5.19. The van der Waals surface area contributed by atoms with Crippen LogP contribution in [-0.4, -0.2) is 28.9 Å². The van der Waals surface area contributed by atoms with E-state index in [0.29, 0.717) is 10.3 Å². The summed E-state index contributed by atoms with van der Waals surface area (Å²) in [6, 6.07) is 5.43. The van der Waals surface area contributed by atoms with Crippen LogP contribution in [0.25, 0.3) is 0 Å². The van der Waals surface area contributed by atoms with Gasteiger partial charge in [0, 0.05) is 13.1 Å². The molecule has 0 aliphatic carbocycles. The van der Waals surface area contributed by atoms with E-state index in [9.17, 15) is 4.79 Å². The van der Waals surface area contributed by atoms with Crippen molar-refractivity contribution in [2.24, 2.45) is 0 Å². The molecule has 0 spiro atoms. The van der Waals surface area contributed by atoms with E-state index in [2.05, 4.69) is 20.9 Å². The summed E-state index contributed by atoms with van der Waals surface area (Å²) in [5.74, 6) is 0.0519. The van der Waals surface area contributed by atoms with E-state index in [-0.39, 0.29) is 5.91 Å². The number of halogens is 1. The van der Waals surface area contributed by atoms with Gasteiger partial charge in [0.05, 0.1) is 0 Å². The van der Waals surface area contributed by atoms with Crippen LogP contribution >= 0.6 is 15.9 Å². The van der Waals surface area contributed by atoms with Gasteiger partial charge in [0.25, 0.3) is 5.91 Å². The van der Waals surface area contributed by atoms with E-state index in [1.165, 1.54) is 6.42 Å². The molecule has 0 atom stereocenters. The van der Waals surface area contributed by atoms with Crippen molar-refractivity contribution in [1.82, 2.24) is 9.88 Å². The van der Waals surface area contributed by atoms with Gasteiger partial charge in [-0.3, -0.25) is 4.79 Å². The fraction of sp³-hybridized carbons (Fsp3) is 0.455. The lowest BCUT2D eigenvalue weighted by Gasteiger charge is -2.26. The average Bonchev–Trinajstić information content (AvgIpc) is 2.29. The summed E-state index contributed by atoms with van der Waals surface area (Å²) < 4.78 is 0.713. The van der Waals surface area contributed by atoms with Gasteiger partial charge in [0.2, 0.25) is 0 Å². The fourth-order valence-electron chi connectivity index (χ4n) is 1.79. The molecule has 1 aromatic rings. The SMILES string of the molecule is O=C(c1cccc(Br)n1)N1CCCCC1. The molecule has 4 heteroatoms. The first-order chi connectivity index (χ1) is 7.27. The smallest absolute Gasteiger partial charge is 0.272 e. The number of pyridine rings is 1. The molecule has 1 amide bonds. The minimum Gasteiger partial charge on any atom is -0.337 e. The van der Waals surface area contributed by atoms with Crippen LogP contribution in [0.1, 0.15) is 29.8 Å². The highest BCUT2D eigenvalue weighted by atomic mass is 79.9. The second kappa shape index (κ2) is 4.75. The molecular formula is C11H13BrN2O. The highest BCUT2D eigenvalue weighted by Gasteiger charge is 2.18. The minimum absolute atomic E-state index is 0.0519. The Morgan fingerprint density at radius 1 is 1.27 bits per heavy atom. The van der Waals surface area contributed by atoms with E-state index in [4.69, 9.17) is 0 Å². The third kappa shape index (κ3) is 2.56. The molecule has 1 saturated heterocycles. The molecule has 2 rings (SSSR count). The topological polar surface area (TPSA) is 33.2 Å². The van der Waals surface area contributed by atoms with Gasteiger partial charge in [0.15, 0.2) is 0 Å². The number of hydrogen-bond acceptors (Lipinski definition) is 2. The first kappa shape index (κ1) is 10.6. The lowest BCUT2D eigenvalue weighted by atomic mass is 10.1. The molecule has 1 aromatic heterocycles. The maximum atomic E-state index is 12.0. The van der Waals surface area contributed by atoms with Gasteiger partial charge < -0.3 is 4.90 Å². The van der Waals surface area contributed by atoms with Gasteiger partial charge in [-0.05, 0) is 47.3 Å². The Balaban J connectivity index is 2.12. The molecule has 1 aliphatic heterocycles. The monoisotopic (exact) mass is 268 g/mol. The van der Waals surface area contributed by atoms with Crippen molar-refractivity contribution in [1.29, 1.82) is 0 Å². The number of piperidine rings is 1. The normalized spacial score (nSPS) is 16.5. The number of hydrogen-bond donors (Lipinski definition) is 0. The second-order valence-corrected chi connectivity index (χ2v) is 4.51. The third-order valence-electron chi connectivity index (χ3n) is 2.58. The largest absolute Gasteiger partial charge is 0.337 e. The number of aromatic nitrogens is 1. The molecule has 3 nitrogen and oxygen atoms in total. The molecule has 1 aliphatic rings. The lowest BCUT2D eigenvalue weighted by Crippen LogP contribution is -2.36. The quantitative estimate of drug-likeness (QED) is 0.734. The van der Waals surface area contributed by atoms with Gasteiger partial charge in [-0.25, -0.2) is 4.98 Å². The summed E-state index contributed by atoms with van der Waals surface area (Å²) in [6.45, 7) is 1.74. The zero-order valence-corrected chi connectivity index (χ0v) is 10.0. The predicted octanol–water partition coefficient (Wildman–Crippen LogP) is 2.47. The summed E-state index contributed by atoms with van der Waals surface area (Å²) in [7, 11) is 0. The number of likely N-dealkylation sites (tertiary alicyclic amines) is 1. The van der Waals surface area contributed by atoms with E-state index >= 15 is 0 Å². The summed E-state index contributed by atoms with van der Waals surface area (Å²) in [5.41, 5.74) is 0.534. The molecule has 0 N–H and O–H groups in total. The molecule has 0 aromatic carbocycles. The van der Waals surface area contributed by atoms with Crippen LogP contribution in [0.5, 0.6) is 0 Å². The molecule has 0 radical (unpaired) electrons. The summed E-state index contributed by atoms with van der Waals surface area (Å²) in [5, 5.41) is 0. The molecule has 15 heavy (non-hydrogen) atoms. The Hall–Kier alpha value is -0.900. The maximum absolute atomic E-state index is 12.0. The van der Waals surface area contributed by atoms with Crippen LogP contribution < -0.4 is 0 Å². The zero-order chi connectivity index (χ0) is 10.7. The van der Waals surface area contributed by atoms with E-state index in [1.807, 2.05) is 17.0 Å². The minimum atomic E-state index is 0.0519. The number of nitrogens with zero attached hydrogens (tertiary/aromatic N) is 2. The second-order valence-electron chi connectivity index (χ2n) is 3.70. The predicted molar refractivity (Wildman–Crippen MR) is 61.7 cm³/mol. The number of rotatable bonds is 1. The van der Waals surface area contributed by atoms with Crippen molar-refractivity contribution in [3.05, 3.63) is 28.5 Å². The molecule has 2 heterocycles. The van der Waals surface area contributed by atoms with Crippen LogP contribution in [0.4, 0.5) is 0 Å². The van der Waals surface area contributed by atoms with Crippen molar-refractivity contribution in [2.75, 3.05) is 13.1 Å². The van der Waals surface area contributed by atoms with E-state index in [1.54, 1.807) is 6.07 Å². The van der Waals surface area contributed by atoms with Crippen molar-refractivity contribution < 1.29 is 4.79 Å². The van der Waals surface area contributed by atoms with Crippen LogP contribution in [0.15, 0.2) is 22.8 Å². The number of amides is 1. The summed E-state index contributed by atoms with van der Waals surface area (Å²) in [6.07, 6.45) is 3.45. The standard InChI is InChI=1S/C11H13BrN2O/c12-10-6-4-5-9(13-10)11(15)14-7-2-1-3-8-14/h4-6H,1-3,7-8H2. The summed E-state index contributed by atoms with van der Waals surface area (Å²) in [4.78, 5) is 18.1. The Morgan fingerprint density at radius 2 is 2.00 bits per heavy atom. The molecule has 0 saturated carbocycles. The number of carbonyl (C=O) groups is 1. The highest BCUT2D eigenvalue weighted by Crippen LogP contribution is 2.13. The third-order valence-corrected chi connectivity index (χ3v) is 3.02. The fourth-order valence-corrected chi connectivity index (χ4v) is 2.13. The zero-order valence-electron chi connectivity index (χ0n) is 8.45. The number of carbonyl (C=O) groups excluding carboxylic acids is 1. The van der Waals surface area contributed by atoms with Crippen LogP contribution in [0.2, 0.25) is 0 Å². The Labute approximate surface area is 97.6 Å². The molecular weight excluding hydrogens is 256 g/mol. The van der Waals surface area contributed by atoms with Crippen LogP contribution in [0, 0.1) is 0 Å². The van der Waals surface area contributed by atoms with Crippen LogP contribution in [-0.2, 0) is 0 Å². The van der Waals surface area contributed by atoms with Gasteiger partial charge in [-0.15, -0.1) is 0 Å². The van der Waals surface area contributed by atoms with Crippen molar-refractivity contribution in [3.63, 3.8) is 0 Å². The maximum Gasteiger partial charge on any atom is 0.272 e. The van der Waals surface area contributed by atoms with Gasteiger partial charge in [0.1, 0.15) is 10.3 Å². The van der Waals surface area contributed by atoms with Gasteiger partial charge in [-0.2, -0.15) is 0 Å². The van der Waals surface area contributed by atoms with Crippen molar-refractivity contribution >= 4 is 21.8 Å². The molecule has 0 unspecified atom stereocenters. The van der Waals surface area contributed by atoms with E-state index in [0.717, 1.165) is 25.9 Å². The Bertz CT molecular complexity index is 361. The average molecular weight is 269 g/mol. The Kier molecular flexibility index (Phi) is 3.36. The van der Waals surface area contributed by atoms with Crippen molar-refractivity contribution in [2.45, 2.75) is 19.3 Å². The molecule has 0 bridgehead atoms. The Morgan fingerprint density at radius 3 is 2.67 bits per heavy atom. The lowest BCUT2D eigenvalue weighted by molar-refractivity contribution is 0.0718. The van der Waals surface area contributed by atoms with Gasteiger partial charge >= 0.3 is 0 Å². The summed E-state index contributed by atoms with van der Waals surface area (Å²) >= 11 is 3.27. The molecule has 80 valence electrons. The van der Waals surface area contributed by atoms with Gasteiger partial charge in [-0.1, -0.05) is 6.07 Å². The van der Waals surface area contributed by atoms with E-state index < -0.39 is 0 Å². The van der Waals surface area contributed by atoms with Crippen LogP contribution in [0.3, 0.4) is 0 Å². The first-order valence-corrected chi connectivity index (χ1v) is 5.98.